The standard InChI is InChI=1S/C32H22IN/c33-29-15-9-25(10-16-29)26-11-17-30(18-12-26)34(31-19-13-23-5-1-3-7-27(23)21-31)32-20-14-24-6-2-4-8-28(24)22-32/h1-22H. The second-order valence-electron chi connectivity index (χ2n) is 8.45. The van der Waals surface area contributed by atoms with Crippen molar-refractivity contribution in [1.29, 1.82) is 0 Å². The van der Waals surface area contributed by atoms with Gasteiger partial charge in [-0.15, -0.1) is 0 Å². The van der Waals surface area contributed by atoms with Crippen molar-refractivity contribution in [2.45, 2.75) is 0 Å². The van der Waals surface area contributed by atoms with E-state index in [0.717, 1.165) is 17.1 Å². The van der Waals surface area contributed by atoms with Crippen LogP contribution in [0.1, 0.15) is 0 Å². The SMILES string of the molecule is Ic1ccc(-c2ccc(N(c3ccc4ccccc4c3)c3ccc4ccccc4c3)cc2)cc1. The smallest absolute Gasteiger partial charge is 0.0468 e. The van der Waals surface area contributed by atoms with E-state index in [4.69, 9.17) is 0 Å². The van der Waals surface area contributed by atoms with Crippen LogP contribution in [0.3, 0.4) is 0 Å². The van der Waals surface area contributed by atoms with Gasteiger partial charge in [-0.1, -0.05) is 84.9 Å². The van der Waals surface area contributed by atoms with Crippen molar-refractivity contribution in [3.8, 4) is 11.1 Å². The third kappa shape index (κ3) is 4.06. The Bertz CT molecular complexity index is 1520. The Labute approximate surface area is 213 Å². The third-order valence-corrected chi connectivity index (χ3v) is 7.00. The molecule has 1 nitrogen and oxygen atoms in total. The Balaban J connectivity index is 1.48. The number of rotatable bonds is 4. The predicted molar refractivity (Wildman–Crippen MR) is 154 cm³/mol. The van der Waals surface area contributed by atoms with Crippen molar-refractivity contribution < 1.29 is 0 Å². The van der Waals surface area contributed by atoms with Gasteiger partial charge in [-0.2, -0.15) is 0 Å². The van der Waals surface area contributed by atoms with Gasteiger partial charge in [0.2, 0.25) is 0 Å². The lowest BCUT2D eigenvalue weighted by Crippen LogP contribution is -2.09. The van der Waals surface area contributed by atoms with Crippen molar-refractivity contribution in [2.75, 3.05) is 4.90 Å². The summed E-state index contributed by atoms with van der Waals surface area (Å²) in [6.45, 7) is 0. The summed E-state index contributed by atoms with van der Waals surface area (Å²) in [5, 5.41) is 4.97. The first-order chi connectivity index (χ1) is 16.7. The lowest BCUT2D eigenvalue weighted by Gasteiger charge is -2.26. The van der Waals surface area contributed by atoms with Crippen LogP contribution in [0.2, 0.25) is 0 Å². The van der Waals surface area contributed by atoms with Crippen LogP contribution in [0.5, 0.6) is 0 Å². The molecule has 162 valence electrons. The average molecular weight is 547 g/mol. The first kappa shape index (κ1) is 20.9. The van der Waals surface area contributed by atoms with E-state index < -0.39 is 0 Å². The van der Waals surface area contributed by atoms with E-state index in [1.165, 1.54) is 36.2 Å². The monoisotopic (exact) mass is 547 g/mol. The number of halogens is 1. The summed E-state index contributed by atoms with van der Waals surface area (Å²) in [5.74, 6) is 0. The molecule has 34 heavy (non-hydrogen) atoms. The largest absolute Gasteiger partial charge is 0.310 e. The zero-order chi connectivity index (χ0) is 22.9. The summed E-state index contributed by atoms with van der Waals surface area (Å²) >= 11 is 2.35. The first-order valence-corrected chi connectivity index (χ1v) is 12.5. The normalized spacial score (nSPS) is 11.1. The summed E-state index contributed by atoms with van der Waals surface area (Å²) < 4.78 is 1.25. The van der Waals surface area contributed by atoms with Gasteiger partial charge in [0.05, 0.1) is 0 Å². The molecule has 0 atom stereocenters. The molecule has 6 aromatic carbocycles. The molecule has 0 aromatic heterocycles. The summed E-state index contributed by atoms with van der Waals surface area (Å²) in [5.41, 5.74) is 5.89. The second kappa shape index (κ2) is 8.96. The molecule has 6 rings (SSSR count). The highest BCUT2D eigenvalue weighted by Gasteiger charge is 2.14. The van der Waals surface area contributed by atoms with Crippen molar-refractivity contribution in [1.82, 2.24) is 0 Å². The molecule has 0 N–H and O–H groups in total. The zero-order valence-electron chi connectivity index (χ0n) is 18.5. The Morgan fingerprint density at radius 1 is 0.382 bits per heavy atom. The molecule has 0 radical (unpaired) electrons. The Kier molecular flexibility index (Phi) is 5.52. The molecule has 0 aliphatic heterocycles. The van der Waals surface area contributed by atoms with Crippen LogP contribution >= 0.6 is 22.6 Å². The van der Waals surface area contributed by atoms with Crippen LogP contribution in [0, 0.1) is 3.57 Å². The molecule has 0 heterocycles. The summed E-state index contributed by atoms with van der Waals surface area (Å²) in [4.78, 5) is 2.34. The molecule has 0 unspecified atom stereocenters. The van der Waals surface area contributed by atoms with Gasteiger partial charge in [-0.3, -0.25) is 0 Å². The van der Waals surface area contributed by atoms with Crippen LogP contribution in [0.15, 0.2) is 133 Å². The van der Waals surface area contributed by atoms with Crippen molar-refractivity contribution in [3.05, 3.63) is 137 Å². The van der Waals surface area contributed by atoms with Crippen molar-refractivity contribution in [2.24, 2.45) is 0 Å². The molecule has 0 amide bonds. The van der Waals surface area contributed by atoms with Crippen LogP contribution in [0.25, 0.3) is 32.7 Å². The van der Waals surface area contributed by atoms with E-state index in [1.807, 2.05) is 0 Å². The lowest BCUT2D eigenvalue weighted by atomic mass is 10.0. The molecule has 0 fully saturated rings. The molecule has 0 saturated heterocycles. The molecule has 0 aliphatic carbocycles. The van der Waals surface area contributed by atoms with Gasteiger partial charge in [0, 0.05) is 20.6 Å². The summed E-state index contributed by atoms with van der Waals surface area (Å²) in [7, 11) is 0. The zero-order valence-corrected chi connectivity index (χ0v) is 20.7. The average Bonchev–Trinajstić information content (AvgIpc) is 2.90. The van der Waals surface area contributed by atoms with E-state index in [0.29, 0.717) is 0 Å². The van der Waals surface area contributed by atoms with Crippen LogP contribution in [-0.2, 0) is 0 Å². The van der Waals surface area contributed by atoms with Crippen LogP contribution in [0.4, 0.5) is 17.1 Å². The first-order valence-electron chi connectivity index (χ1n) is 11.4. The number of hydrogen-bond donors (Lipinski definition) is 0. The highest BCUT2D eigenvalue weighted by molar-refractivity contribution is 14.1. The molecule has 2 heteroatoms. The van der Waals surface area contributed by atoms with Gasteiger partial charge in [0.15, 0.2) is 0 Å². The Hall–Kier alpha value is -3.63. The second-order valence-corrected chi connectivity index (χ2v) is 9.70. The summed E-state index contributed by atoms with van der Waals surface area (Å²) in [6.07, 6.45) is 0. The van der Waals surface area contributed by atoms with Gasteiger partial charge in [0.1, 0.15) is 0 Å². The van der Waals surface area contributed by atoms with Gasteiger partial charge in [-0.25, -0.2) is 0 Å². The fraction of sp³-hybridized carbons (Fsp3) is 0. The van der Waals surface area contributed by atoms with Gasteiger partial charge < -0.3 is 4.90 Å². The molecule has 0 saturated carbocycles. The van der Waals surface area contributed by atoms with Crippen LogP contribution in [-0.4, -0.2) is 0 Å². The molecule has 0 bridgehead atoms. The van der Waals surface area contributed by atoms with E-state index >= 15 is 0 Å². The van der Waals surface area contributed by atoms with Gasteiger partial charge in [-0.05, 0) is 104 Å². The minimum Gasteiger partial charge on any atom is -0.310 e. The maximum absolute atomic E-state index is 2.35. The van der Waals surface area contributed by atoms with E-state index in [2.05, 4.69) is 161 Å². The number of nitrogens with zero attached hydrogens (tertiary/aromatic N) is 1. The number of anilines is 3. The molecule has 0 spiro atoms. The van der Waals surface area contributed by atoms with Crippen LogP contribution < -0.4 is 4.90 Å². The number of fused-ring (bicyclic) bond motifs is 2. The van der Waals surface area contributed by atoms with E-state index in [-0.39, 0.29) is 0 Å². The predicted octanol–water partition coefficient (Wildman–Crippen LogP) is 9.73. The fourth-order valence-corrected chi connectivity index (χ4v) is 4.88. The summed E-state index contributed by atoms with van der Waals surface area (Å²) in [6, 6.07) is 48.0. The maximum Gasteiger partial charge on any atom is 0.0468 e. The molecular weight excluding hydrogens is 525 g/mol. The fourth-order valence-electron chi connectivity index (χ4n) is 4.52. The number of hydrogen-bond acceptors (Lipinski definition) is 1. The maximum atomic E-state index is 2.35. The molecular formula is C32H22IN. The lowest BCUT2D eigenvalue weighted by molar-refractivity contribution is 1.29. The van der Waals surface area contributed by atoms with Gasteiger partial charge in [0.25, 0.3) is 0 Å². The van der Waals surface area contributed by atoms with Crippen molar-refractivity contribution in [3.63, 3.8) is 0 Å². The van der Waals surface area contributed by atoms with E-state index in [9.17, 15) is 0 Å². The Morgan fingerprint density at radius 3 is 1.29 bits per heavy atom. The highest BCUT2D eigenvalue weighted by Crippen LogP contribution is 2.38. The molecule has 6 aromatic rings. The minimum absolute atomic E-state index is 1.14. The van der Waals surface area contributed by atoms with E-state index in [1.54, 1.807) is 0 Å². The van der Waals surface area contributed by atoms with Crippen molar-refractivity contribution >= 4 is 61.2 Å². The molecule has 0 aliphatic rings. The third-order valence-electron chi connectivity index (χ3n) is 6.29. The minimum atomic E-state index is 1.14. The topological polar surface area (TPSA) is 3.24 Å². The number of benzene rings is 6. The quantitative estimate of drug-likeness (QED) is 0.199. The Morgan fingerprint density at radius 2 is 0.794 bits per heavy atom. The highest BCUT2D eigenvalue weighted by atomic mass is 127. The van der Waals surface area contributed by atoms with Gasteiger partial charge >= 0.3 is 0 Å².